The van der Waals surface area contributed by atoms with Crippen molar-refractivity contribution in [1.82, 2.24) is 5.32 Å². The van der Waals surface area contributed by atoms with E-state index in [-0.39, 0.29) is 18.1 Å². The lowest BCUT2D eigenvalue weighted by atomic mass is 10.0. The lowest BCUT2D eigenvalue weighted by molar-refractivity contribution is -0.124. The maximum Gasteiger partial charge on any atom is 0.258 e. The fourth-order valence-electron chi connectivity index (χ4n) is 2.45. The number of fused-ring (bicyclic) bond motifs is 3. The average molecular weight is 311 g/mol. The third-order valence-electron chi connectivity index (χ3n) is 4.08. The van der Waals surface area contributed by atoms with Crippen LogP contribution in [0.1, 0.15) is 27.2 Å². The number of para-hydroxylation sites is 1. The Hall–Kier alpha value is -2.49. The van der Waals surface area contributed by atoms with Gasteiger partial charge in [0.05, 0.1) is 0 Å². The fourth-order valence-corrected chi connectivity index (χ4v) is 2.45. The van der Waals surface area contributed by atoms with Gasteiger partial charge in [-0.1, -0.05) is 25.1 Å². The first kappa shape index (κ1) is 15.4. The van der Waals surface area contributed by atoms with Gasteiger partial charge in [0.15, 0.2) is 6.61 Å². The van der Waals surface area contributed by atoms with Crippen LogP contribution in [-0.2, 0) is 4.79 Å². The Labute approximate surface area is 135 Å². The molecule has 0 aliphatic rings. The minimum atomic E-state index is -0.217. The van der Waals surface area contributed by atoms with Crippen molar-refractivity contribution in [2.75, 3.05) is 6.61 Å². The smallest absolute Gasteiger partial charge is 0.258 e. The van der Waals surface area contributed by atoms with Crippen LogP contribution in [0.15, 0.2) is 46.9 Å². The van der Waals surface area contributed by atoms with Gasteiger partial charge in [0, 0.05) is 16.3 Å². The van der Waals surface area contributed by atoms with Crippen molar-refractivity contribution < 1.29 is 13.9 Å². The van der Waals surface area contributed by atoms with Crippen molar-refractivity contribution in [3.05, 3.63) is 42.5 Å². The Bertz CT molecular complexity index is 848. The summed E-state index contributed by atoms with van der Waals surface area (Å²) in [6.45, 7) is 6.03. The van der Waals surface area contributed by atoms with E-state index < -0.39 is 0 Å². The van der Waals surface area contributed by atoms with Gasteiger partial charge >= 0.3 is 0 Å². The summed E-state index contributed by atoms with van der Waals surface area (Å²) in [6, 6.07) is 13.5. The SMILES string of the molecule is CCC(C)(C)NC(=O)COc1ccc2oc3ccccc3c2c1. The molecule has 120 valence electrons. The van der Waals surface area contributed by atoms with Crippen LogP contribution in [-0.4, -0.2) is 18.1 Å². The molecule has 3 aromatic rings. The average Bonchev–Trinajstić information content (AvgIpc) is 2.90. The lowest BCUT2D eigenvalue weighted by Gasteiger charge is -2.24. The Kier molecular flexibility index (Phi) is 3.99. The predicted octanol–water partition coefficient (Wildman–Crippen LogP) is 4.27. The number of benzene rings is 2. The molecule has 0 fully saturated rings. The topological polar surface area (TPSA) is 51.5 Å². The maximum absolute atomic E-state index is 12.0. The van der Waals surface area contributed by atoms with E-state index in [1.165, 1.54) is 0 Å². The van der Waals surface area contributed by atoms with Gasteiger partial charge in [0.1, 0.15) is 16.9 Å². The molecule has 3 rings (SSSR count). The van der Waals surface area contributed by atoms with E-state index in [1.807, 2.05) is 63.2 Å². The summed E-state index contributed by atoms with van der Waals surface area (Å²) in [4.78, 5) is 12.0. The number of amides is 1. The minimum absolute atomic E-state index is 0.00468. The molecular weight excluding hydrogens is 290 g/mol. The first-order valence-corrected chi connectivity index (χ1v) is 7.83. The van der Waals surface area contributed by atoms with Crippen molar-refractivity contribution in [3.63, 3.8) is 0 Å². The molecule has 0 aliphatic carbocycles. The van der Waals surface area contributed by atoms with Gasteiger partial charge in [0.2, 0.25) is 0 Å². The Morgan fingerprint density at radius 2 is 1.87 bits per heavy atom. The summed E-state index contributed by atoms with van der Waals surface area (Å²) in [6.07, 6.45) is 0.867. The number of hydrogen-bond acceptors (Lipinski definition) is 3. The van der Waals surface area contributed by atoms with E-state index in [9.17, 15) is 4.79 Å². The van der Waals surface area contributed by atoms with Gasteiger partial charge in [-0.15, -0.1) is 0 Å². The molecule has 0 aliphatic heterocycles. The largest absolute Gasteiger partial charge is 0.484 e. The first-order chi connectivity index (χ1) is 11.0. The quantitative estimate of drug-likeness (QED) is 0.765. The molecule has 0 atom stereocenters. The van der Waals surface area contributed by atoms with Crippen LogP contribution in [0, 0.1) is 0 Å². The highest BCUT2D eigenvalue weighted by Gasteiger charge is 2.18. The van der Waals surface area contributed by atoms with Gasteiger partial charge in [-0.2, -0.15) is 0 Å². The number of hydrogen-bond donors (Lipinski definition) is 1. The summed E-state index contributed by atoms with van der Waals surface area (Å²) in [7, 11) is 0. The number of carbonyl (C=O) groups excluding carboxylic acids is 1. The summed E-state index contributed by atoms with van der Waals surface area (Å²) in [5.74, 6) is 0.544. The van der Waals surface area contributed by atoms with Gasteiger partial charge in [-0.05, 0) is 44.5 Å². The van der Waals surface area contributed by atoms with E-state index in [2.05, 4.69) is 5.32 Å². The highest BCUT2D eigenvalue weighted by Crippen LogP contribution is 2.31. The molecule has 0 saturated heterocycles. The van der Waals surface area contributed by atoms with Crippen LogP contribution in [0.2, 0.25) is 0 Å². The molecule has 1 amide bonds. The molecule has 23 heavy (non-hydrogen) atoms. The van der Waals surface area contributed by atoms with Crippen molar-refractivity contribution in [3.8, 4) is 5.75 Å². The van der Waals surface area contributed by atoms with Crippen LogP contribution < -0.4 is 10.1 Å². The summed E-state index contributed by atoms with van der Waals surface area (Å²) < 4.78 is 11.4. The zero-order chi connectivity index (χ0) is 16.4. The van der Waals surface area contributed by atoms with Crippen molar-refractivity contribution in [2.24, 2.45) is 0 Å². The van der Waals surface area contributed by atoms with Gasteiger partial charge < -0.3 is 14.5 Å². The van der Waals surface area contributed by atoms with Crippen LogP contribution in [0.3, 0.4) is 0 Å². The molecule has 4 heteroatoms. The van der Waals surface area contributed by atoms with E-state index in [1.54, 1.807) is 0 Å². The number of nitrogens with one attached hydrogen (secondary N) is 1. The summed E-state index contributed by atoms with van der Waals surface area (Å²) in [5, 5.41) is 4.99. The second-order valence-corrected chi connectivity index (χ2v) is 6.33. The van der Waals surface area contributed by atoms with Gasteiger partial charge in [-0.25, -0.2) is 0 Å². The number of ether oxygens (including phenoxy) is 1. The maximum atomic E-state index is 12.0. The molecular formula is C19H21NO3. The number of carbonyl (C=O) groups is 1. The van der Waals surface area contributed by atoms with E-state index >= 15 is 0 Å². The van der Waals surface area contributed by atoms with Gasteiger partial charge in [0.25, 0.3) is 5.91 Å². The Balaban J connectivity index is 1.76. The standard InChI is InChI=1S/C19H21NO3/c1-4-19(2,3)20-18(21)12-22-13-9-10-17-15(11-13)14-7-5-6-8-16(14)23-17/h5-11H,4,12H2,1-3H3,(H,20,21). The van der Waals surface area contributed by atoms with Crippen LogP contribution in [0.4, 0.5) is 0 Å². The fraction of sp³-hybridized carbons (Fsp3) is 0.316. The molecule has 0 spiro atoms. The van der Waals surface area contributed by atoms with Crippen molar-refractivity contribution in [2.45, 2.75) is 32.7 Å². The van der Waals surface area contributed by atoms with Crippen LogP contribution in [0.25, 0.3) is 21.9 Å². The summed E-state index contributed by atoms with van der Waals surface area (Å²) in [5.41, 5.74) is 1.45. The third kappa shape index (κ3) is 3.31. The minimum Gasteiger partial charge on any atom is -0.484 e. The van der Waals surface area contributed by atoms with Crippen LogP contribution in [0.5, 0.6) is 5.75 Å². The second-order valence-electron chi connectivity index (χ2n) is 6.33. The van der Waals surface area contributed by atoms with E-state index in [4.69, 9.17) is 9.15 Å². The molecule has 1 heterocycles. The Morgan fingerprint density at radius 1 is 1.13 bits per heavy atom. The summed E-state index contributed by atoms with van der Waals surface area (Å²) >= 11 is 0. The molecule has 1 aromatic heterocycles. The zero-order valence-electron chi connectivity index (χ0n) is 13.7. The molecule has 0 unspecified atom stereocenters. The number of rotatable bonds is 5. The predicted molar refractivity (Wildman–Crippen MR) is 91.7 cm³/mol. The van der Waals surface area contributed by atoms with E-state index in [0.717, 1.165) is 28.4 Å². The molecule has 1 N–H and O–H groups in total. The normalized spacial score (nSPS) is 11.8. The van der Waals surface area contributed by atoms with Crippen LogP contribution >= 0.6 is 0 Å². The molecule has 0 bridgehead atoms. The highest BCUT2D eigenvalue weighted by molar-refractivity contribution is 6.05. The zero-order valence-corrected chi connectivity index (χ0v) is 13.7. The number of furan rings is 1. The van der Waals surface area contributed by atoms with Crippen molar-refractivity contribution in [1.29, 1.82) is 0 Å². The van der Waals surface area contributed by atoms with Crippen molar-refractivity contribution >= 4 is 27.8 Å². The van der Waals surface area contributed by atoms with E-state index in [0.29, 0.717) is 5.75 Å². The second kappa shape index (κ2) is 5.95. The van der Waals surface area contributed by atoms with Gasteiger partial charge in [-0.3, -0.25) is 4.79 Å². The molecule has 2 aromatic carbocycles. The molecule has 0 radical (unpaired) electrons. The Morgan fingerprint density at radius 3 is 2.65 bits per heavy atom. The third-order valence-corrected chi connectivity index (χ3v) is 4.08. The molecule has 4 nitrogen and oxygen atoms in total. The lowest BCUT2D eigenvalue weighted by Crippen LogP contribution is -2.44. The monoisotopic (exact) mass is 311 g/mol. The first-order valence-electron chi connectivity index (χ1n) is 7.83. The highest BCUT2D eigenvalue weighted by atomic mass is 16.5. The molecule has 0 saturated carbocycles.